The first-order valence-electron chi connectivity index (χ1n) is 7.47. The van der Waals surface area contributed by atoms with E-state index in [1.807, 2.05) is 6.07 Å². The minimum atomic E-state index is -0.368. The average molecular weight is 373 g/mol. The fraction of sp³-hybridized carbons (Fsp3) is 0.500. The third kappa shape index (κ3) is 3.06. The largest absolute Gasteiger partial charge is 0.340 e. The monoisotopic (exact) mass is 372 g/mol. The van der Waals surface area contributed by atoms with Crippen molar-refractivity contribution in [1.29, 1.82) is 0 Å². The van der Waals surface area contributed by atoms with E-state index in [0.717, 1.165) is 12.0 Å². The molecule has 0 N–H and O–H groups in total. The molecule has 0 aromatic heterocycles. The molecule has 0 bridgehead atoms. The topological polar surface area (TPSA) is 40.6 Å². The van der Waals surface area contributed by atoms with Crippen molar-refractivity contribution in [3.05, 3.63) is 33.8 Å². The van der Waals surface area contributed by atoms with Gasteiger partial charge in [-0.25, -0.2) is 0 Å². The van der Waals surface area contributed by atoms with E-state index in [1.165, 1.54) is 0 Å². The molecule has 0 saturated carbocycles. The van der Waals surface area contributed by atoms with E-state index in [0.29, 0.717) is 28.8 Å². The van der Waals surface area contributed by atoms with Crippen LogP contribution in [0.5, 0.6) is 0 Å². The molecule has 1 aromatic carbocycles. The predicted molar refractivity (Wildman–Crippen MR) is 93.7 cm³/mol. The third-order valence-corrected chi connectivity index (χ3v) is 6.75. The van der Waals surface area contributed by atoms with E-state index in [9.17, 15) is 9.59 Å². The molecular weight excluding hydrogens is 355 g/mol. The molecule has 2 amide bonds. The Kier molecular flexibility index (Phi) is 4.55. The summed E-state index contributed by atoms with van der Waals surface area (Å²) in [5.41, 5.74) is 0.913. The lowest BCUT2D eigenvalue weighted by atomic mass is 10.1. The maximum Gasteiger partial charge on any atom is 0.246 e. The molecule has 2 fully saturated rings. The minimum absolute atomic E-state index is 0.0254. The van der Waals surface area contributed by atoms with Crippen molar-refractivity contribution >= 4 is 46.8 Å². The van der Waals surface area contributed by atoms with Crippen molar-refractivity contribution in [2.45, 2.75) is 37.2 Å². The van der Waals surface area contributed by atoms with E-state index in [1.54, 1.807) is 40.7 Å². The average Bonchev–Trinajstić information content (AvgIpc) is 2.99. The predicted octanol–water partition coefficient (Wildman–Crippen LogP) is 3.41. The Balaban J connectivity index is 1.72. The van der Waals surface area contributed by atoms with Gasteiger partial charge in [-0.2, -0.15) is 0 Å². The van der Waals surface area contributed by atoms with Crippen LogP contribution in [0.1, 0.15) is 25.3 Å². The number of benzene rings is 1. The number of thioether (sulfide) groups is 1. The SMILES string of the molecule is CN(Cc1ccc(Cl)c(Cl)c1)C(=O)[C@H]1CS[C@@]2(C)CCC(=O)N12. The number of rotatable bonds is 3. The summed E-state index contributed by atoms with van der Waals surface area (Å²) in [5.74, 6) is 0.716. The van der Waals surface area contributed by atoms with E-state index in [4.69, 9.17) is 23.2 Å². The smallest absolute Gasteiger partial charge is 0.246 e. The van der Waals surface area contributed by atoms with Crippen LogP contribution in [0.4, 0.5) is 0 Å². The highest BCUT2D eigenvalue weighted by Gasteiger charge is 2.53. The molecule has 0 radical (unpaired) electrons. The van der Waals surface area contributed by atoms with Gasteiger partial charge in [0, 0.05) is 25.8 Å². The number of hydrogen-bond donors (Lipinski definition) is 0. The number of amides is 2. The van der Waals surface area contributed by atoms with Gasteiger partial charge >= 0.3 is 0 Å². The summed E-state index contributed by atoms with van der Waals surface area (Å²) in [4.78, 5) is 28.2. The number of carbonyl (C=O) groups excluding carboxylic acids is 2. The fourth-order valence-electron chi connectivity index (χ4n) is 3.25. The highest BCUT2D eigenvalue weighted by molar-refractivity contribution is 8.01. The Hall–Kier alpha value is -0.910. The number of halogens is 2. The van der Waals surface area contributed by atoms with Crippen molar-refractivity contribution in [3.8, 4) is 0 Å². The second-order valence-electron chi connectivity index (χ2n) is 6.21. The summed E-state index contributed by atoms with van der Waals surface area (Å²) < 4.78 is 0. The molecule has 2 aliphatic heterocycles. The van der Waals surface area contributed by atoms with Crippen LogP contribution in [0.15, 0.2) is 18.2 Å². The lowest BCUT2D eigenvalue weighted by Gasteiger charge is -2.32. The number of hydrogen-bond acceptors (Lipinski definition) is 3. The zero-order chi connectivity index (χ0) is 16.8. The van der Waals surface area contributed by atoms with Crippen LogP contribution >= 0.6 is 35.0 Å². The van der Waals surface area contributed by atoms with Gasteiger partial charge in [-0.15, -0.1) is 11.8 Å². The number of nitrogens with zero attached hydrogens (tertiary/aromatic N) is 2. The quantitative estimate of drug-likeness (QED) is 0.816. The van der Waals surface area contributed by atoms with Crippen LogP contribution in [0.3, 0.4) is 0 Å². The van der Waals surface area contributed by atoms with Gasteiger partial charge in [0.15, 0.2) is 0 Å². The van der Waals surface area contributed by atoms with E-state index >= 15 is 0 Å². The Morgan fingerprint density at radius 3 is 2.87 bits per heavy atom. The summed E-state index contributed by atoms with van der Waals surface area (Å²) in [7, 11) is 1.76. The maximum absolute atomic E-state index is 12.8. The van der Waals surface area contributed by atoms with Crippen molar-refractivity contribution < 1.29 is 9.59 Å². The first-order valence-corrected chi connectivity index (χ1v) is 9.21. The molecular formula is C16H18Cl2N2O2S. The van der Waals surface area contributed by atoms with Gasteiger partial charge in [-0.05, 0) is 31.0 Å². The molecule has 2 saturated heterocycles. The summed E-state index contributed by atoms with van der Waals surface area (Å²) in [6, 6.07) is 4.98. The third-order valence-electron chi connectivity index (χ3n) is 4.51. The first kappa shape index (κ1) is 16.9. The zero-order valence-corrected chi connectivity index (χ0v) is 15.3. The summed E-state index contributed by atoms with van der Waals surface area (Å²) in [6.45, 7) is 2.49. The molecule has 0 aliphatic carbocycles. The molecule has 0 spiro atoms. The highest BCUT2D eigenvalue weighted by atomic mass is 35.5. The van der Waals surface area contributed by atoms with Gasteiger partial charge < -0.3 is 9.80 Å². The van der Waals surface area contributed by atoms with Crippen LogP contribution in [0.2, 0.25) is 10.0 Å². The van der Waals surface area contributed by atoms with Gasteiger partial charge in [0.1, 0.15) is 6.04 Å². The van der Waals surface area contributed by atoms with Crippen molar-refractivity contribution in [1.82, 2.24) is 9.80 Å². The molecule has 1 aromatic rings. The van der Waals surface area contributed by atoms with Crippen LogP contribution < -0.4 is 0 Å². The fourth-order valence-corrected chi connectivity index (χ4v) is 4.99. The van der Waals surface area contributed by atoms with Gasteiger partial charge in [0.2, 0.25) is 11.8 Å². The number of carbonyl (C=O) groups is 2. The van der Waals surface area contributed by atoms with E-state index < -0.39 is 0 Å². The van der Waals surface area contributed by atoms with Crippen LogP contribution in [-0.2, 0) is 16.1 Å². The van der Waals surface area contributed by atoms with Crippen molar-refractivity contribution in [2.24, 2.45) is 0 Å². The molecule has 2 aliphatic rings. The van der Waals surface area contributed by atoms with Crippen molar-refractivity contribution in [3.63, 3.8) is 0 Å². The molecule has 124 valence electrons. The second kappa shape index (κ2) is 6.19. The number of likely N-dealkylation sites (N-methyl/N-ethyl adjacent to an activating group) is 1. The lowest BCUT2D eigenvalue weighted by Crippen LogP contribution is -2.50. The van der Waals surface area contributed by atoms with Crippen molar-refractivity contribution in [2.75, 3.05) is 12.8 Å². The lowest BCUT2D eigenvalue weighted by molar-refractivity contribution is -0.143. The summed E-state index contributed by atoms with van der Waals surface area (Å²) in [6.07, 6.45) is 1.35. The molecule has 23 heavy (non-hydrogen) atoms. The second-order valence-corrected chi connectivity index (χ2v) is 8.52. The Morgan fingerprint density at radius 1 is 1.43 bits per heavy atom. The Labute approximate surface area is 150 Å². The maximum atomic E-state index is 12.8. The Morgan fingerprint density at radius 2 is 2.17 bits per heavy atom. The van der Waals surface area contributed by atoms with Crippen LogP contribution in [0, 0.1) is 0 Å². The molecule has 2 atom stereocenters. The molecule has 3 rings (SSSR count). The van der Waals surface area contributed by atoms with Crippen LogP contribution in [0.25, 0.3) is 0 Å². The van der Waals surface area contributed by atoms with E-state index in [2.05, 4.69) is 6.92 Å². The standard InChI is InChI=1S/C16H18Cl2N2O2S/c1-16-6-5-14(21)20(16)13(9-23-16)15(22)19(2)8-10-3-4-11(17)12(18)7-10/h3-4,7,13H,5-6,8-9H2,1-2H3/t13-,16+/m1/s1. The van der Waals surface area contributed by atoms with Gasteiger partial charge in [-0.3, -0.25) is 9.59 Å². The van der Waals surface area contributed by atoms with Gasteiger partial charge in [-0.1, -0.05) is 29.3 Å². The minimum Gasteiger partial charge on any atom is -0.340 e. The molecule has 2 heterocycles. The molecule has 7 heteroatoms. The highest BCUT2D eigenvalue weighted by Crippen LogP contribution is 2.47. The van der Waals surface area contributed by atoms with E-state index in [-0.39, 0.29) is 22.7 Å². The van der Waals surface area contributed by atoms with Gasteiger partial charge in [0.25, 0.3) is 0 Å². The first-order chi connectivity index (χ1) is 10.8. The van der Waals surface area contributed by atoms with Gasteiger partial charge in [0.05, 0.1) is 14.9 Å². The molecule has 0 unspecified atom stereocenters. The zero-order valence-electron chi connectivity index (χ0n) is 13.0. The summed E-state index contributed by atoms with van der Waals surface area (Å²) in [5, 5.41) is 0.971. The van der Waals surface area contributed by atoms with Crippen LogP contribution in [-0.4, -0.2) is 45.3 Å². The normalized spacial score (nSPS) is 26.5. The molecule has 4 nitrogen and oxygen atoms in total. The number of fused-ring (bicyclic) bond motifs is 1. The summed E-state index contributed by atoms with van der Waals surface area (Å²) >= 11 is 13.6. The Bertz CT molecular complexity index is 669.